The molecule has 6 rings (SSSR count). The summed E-state index contributed by atoms with van der Waals surface area (Å²) in [6.07, 6.45) is -4.50. The highest BCUT2D eigenvalue weighted by Gasteiger charge is 2.30. The fraction of sp³-hybridized carbons (Fsp3) is 0.0357. The molecule has 4 nitrogen and oxygen atoms in total. The van der Waals surface area contributed by atoms with Crippen LogP contribution in [0.1, 0.15) is 5.56 Å². The third kappa shape index (κ3) is 4.27. The molecule has 6 aromatic rings. The molecule has 1 atom stereocenters. The molecule has 1 aromatic heterocycles. The Balaban J connectivity index is 1.61. The SMILES string of the molecule is C=S(=O)(Np1oc2ccc3ccccc3c2c2c(ccc3ccccc32)o1)c1ccc(C(F)(F)F)cc1. The van der Waals surface area contributed by atoms with Crippen LogP contribution in [-0.4, -0.2) is 10.1 Å². The molecule has 1 unspecified atom stereocenters. The molecular formula is C28H19F3NO3PS. The second kappa shape index (κ2) is 8.70. The van der Waals surface area contributed by atoms with Crippen LogP contribution < -0.4 is 4.49 Å². The quantitative estimate of drug-likeness (QED) is 0.230. The van der Waals surface area contributed by atoms with Gasteiger partial charge in [-0.05, 0) is 63.8 Å². The number of alkyl halides is 3. The van der Waals surface area contributed by atoms with Crippen molar-refractivity contribution in [1.82, 2.24) is 0 Å². The zero-order valence-corrected chi connectivity index (χ0v) is 20.9. The summed E-state index contributed by atoms with van der Waals surface area (Å²) in [5.41, 5.74) is 0.241. The number of hydrogen-bond donors (Lipinski definition) is 1. The average molecular weight is 537 g/mol. The van der Waals surface area contributed by atoms with E-state index in [1.54, 1.807) is 0 Å². The third-order valence-electron chi connectivity index (χ3n) is 6.18. The van der Waals surface area contributed by atoms with E-state index in [2.05, 4.69) is 10.4 Å². The van der Waals surface area contributed by atoms with Gasteiger partial charge >= 0.3 is 14.3 Å². The van der Waals surface area contributed by atoms with Crippen molar-refractivity contribution in [2.24, 2.45) is 0 Å². The first-order valence-electron chi connectivity index (χ1n) is 11.2. The minimum absolute atomic E-state index is 0.108. The van der Waals surface area contributed by atoms with E-state index in [9.17, 15) is 17.4 Å². The molecule has 0 saturated carbocycles. The van der Waals surface area contributed by atoms with E-state index in [1.807, 2.05) is 72.8 Å². The molecule has 9 heteroatoms. The predicted octanol–water partition coefficient (Wildman–Crippen LogP) is 8.85. The van der Waals surface area contributed by atoms with Gasteiger partial charge in [0.05, 0.1) is 15.3 Å². The van der Waals surface area contributed by atoms with E-state index in [0.29, 0.717) is 11.2 Å². The maximum Gasteiger partial charge on any atom is 0.416 e. The van der Waals surface area contributed by atoms with E-state index >= 15 is 0 Å². The van der Waals surface area contributed by atoms with Gasteiger partial charge in [0.2, 0.25) is 0 Å². The van der Waals surface area contributed by atoms with Gasteiger partial charge in [0, 0.05) is 15.7 Å². The molecule has 186 valence electrons. The Bertz CT molecular complexity index is 1870. The van der Waals surface area contributed by atoms with Crippen molar-refractivity contribution in [2.75, 3.05) is 4.49 Å². The van der Waals surface area contributed by atoms with Crippen molar-refractivity contribution in [3.8, 4) is 0 Å². The zero-order valence-electron chi connectivity index (χ0n) is 19.2. The number of halogens is 3. The lowest BCUT2D eigenvalue weighted by molar-refractivity contribution is -0.137. The van der Waals surface area contributed by atoms with Crippen molar-refractivity contribution in [3.63, 3.8) is 0 Å². The Hall–Kier alpha value is -3.71. The summed E-state index contributed by atoms with van der Waals surface area (Å²) in [5.74, 6) is 3.76. The van der Waals surface area contributed by atoms with Gasteiger partial charge in [0.15, 0.2) is 0 Å². The molecule has 1 heterocycles. The molecule has 0 aliphatic rings. The largest absolute Gasteiger partial charge is 0.416 e. The zero-order chi connectivity index (χ0) is 25.8. The highest BCUT2D eigenvalue weighted by atomic mass is 32.2. The van der Waals surface area contributed by atoms with E-state index in [0.717, 1.165) is 56.6 Å². The molecule has 0 saturated heterocycles. The van der Waals surface area contributed by atoms with E-state index < -0.39 is 29.6 Å². The molecule has 0 spiro atoms. The Morgan fingerprint density at radius 3 is 1.68 bits per heavy atom. The summed E-state index contributed by atoms with van der Waals surface area (Å²) in [6, 6.07) is 27.5. The van der Waals surface area contributed by atoms with Crippen LogP contribution in [0.25, 0.3) is 43.5 Å². The van der Waals surface area contributed by atoms with Gasteiger partial charge in [-0.15, -0.1) is 4.49 Å². The second-order valence-corrected chi connectivity index (χ2v) is 12.0. The number of rotatable bonds is 3. The molecule has 0 amide bonds. The number of nitrogens with one attached hydrogen (secondary N) is 1. The van der Waals surface area contributed by atoms with Crippen molar-refractivity contribution < 1.29 is 25.8 Å². The molecule has 0 bridgehead atoms. The van der Waals surface area contributed by atoms with Crippen molar-refractivity contribution >= 4 is 67.2 Å². The van der Waals surface area contributed by atoms with Crippen molar-refractivity contribution in [1.29, 1.82) is 0 Å². The van der Waals surface area contributed by atoms with Crippen LogP contribution in [-0.2, 0) is 15.9 Å². The highest BCUT2D eigenvalue weighted by molar-refractivity contribution is 8.05. The monoisotopic (exact) mass is 537 g/mol. The third-order valence-corrected chi connectivity index (χ3v) is 9.71. The minimum Gasteiger partial charge on any atom is -0.407 e. The lowest BCUT2D eigenvalue weighted by atomic mass is 9.99. The number of benzene rings is 5. The summed E-state index contributed by atoms with van der Waals surface area (Å²) < 4.78 is 67.9. The molecule has 0 fully saturated rings. The van der Waals surface area contributed by atoms with Gasteiger partial charge in [-0.1, -0.05) is 60.7 Å². The summed E-state index contributed by atoms with van der Waals surface area (Å²) in [5, 5.41) is 5.68. The first kappa shape index (κ1) is 23.7. The smallest absolute Gasteiger partial charge is 0.407 e. The molecular weight excluding hydrogens is 518 g/mol. The summed E-state index contributed by atoms with van der Waals surface area (Å²) in [7, 11) is -5.30. The Morgan fingerprint density at radius 1 is 0.703 bits per heavy atom. The van der Waals surface area contributed by atoms with Gasteiger partial charge in [0.25, 0.3) is 0 Å². The van der Waals surface area contributed by atoms with Gasteiger partial charge in [0.1, 0.15) is 11.2 Å². The maximum absolute atomic E-state index is 13.5. The van der Waals surface area contributed by atoms with Crippen molar-refractivity contribution in [2.45, 2.75) is 11.1 Å². The van der Waals surface area contributed by atoms with Crippen LogP contribution in [0.2, 0.25) is 0 Å². The fourth-order valence-corrected chi connectivity index (χ4v) is 7.40. The van der Waals surface area contributed by atoms with Gasteiger partial charge < -0.3 is 8.39 Å². The van der Waals surface area contributed by atoms with Gasteiger partial charge in [-0.2, -0.15) is 13.2 Å². The number of hydrogen-bond acceptors (Lipinski definition) is 3. The van der Waals surface area contributed by atoms with Crippen LogP contribution in [0.5, 0.6) is 0 Å². The highest BCUT2D eigenvalue weighted by Crippen LogP contribution is 2.41. The lowest BCUT2D eigenvalue weighted by Crippen LogP contribution is -2.11. The van der Waals surface area contributed by atoms with E-state index in [1.165, 1.54) is 0 Å². The molecule has 0 aliphatic heterocycles. The summed E-state index contributed by atoms with van der Waals surface area (Å²) in [4.78, 5) is 0.108. The maximum atomic E-state index is 13.5. The van der Waals surface area contributed by atoms with Crippen molar-refractivity contribution in [3.05, 3.63) is 103 Å². The van der Waals surface area contributed by atoms with Gasteiger partial charge in [-0.25, -0.2) is 4.21 Å². The Kier molecular flexibility index (Phi) is 5.57. The van der Waals surface area contributed by atoms with Crippen LogP contribution in [0, 0.1) is 0 Å². The van der Waals surface area contributed by atoms with E-state index in [4.69, 9.17) is 8.39 Å². The lowest BCUT2D eigenvalue weighted by Gasteiger charge is -2.11. The van der Waals surface area contributed by atoms with Crippen LogP contribution in [0.4, 0.5) is 13.2 Å². The topological polar surface area (TPSA) is 55.4 Å². The molecule has 1 N–H and O–H groups in total. The minimum atomic E-state index is -4.50. The Morgan fingerprint density at radius 2 is 1.19 bits per heavy atom. The average Bonchev–Trinajstić information content (AvgIpc) is 3.04. The van der Waals surface area contributed by atoms with Crippen LogP contribution >= 0.6 is 8.16 Å². The van der Waals surface area contributed by atoms with E-state index in [-0.39, 0.29) is 4.90 Å². The Labute approximate surface area is 211 Å². The van der Waals surface area contributed by atoms with Crippen LogP contribution in [0.3, 0.4) is 0 Å². The molecule has 5 aromatic carbocycles. The second-order valence-electron chi connectivity index (χ2n) is 8.55. The summed E-state index contributed by atoms with van der Waals surface area (Å²) in [6.45, 7) is 0. The number of fused-ring (bicyclic) bond motifs is 7. The molecule has 0 aliphatic carbocycles. The summed E-state index contributed by atoms with van der Waals surface area (Å²) >= 11 is 0. The molecule has 0 radical (unpaired) electrons. The first-order valence-corrected chi connectivity index (χ1v) is 14.1. The normalized spacial score (nSPS) is 13.8. The molecule has 37 heavy (non-hydrogen) atoms. The first-order chi connectivity index (χ1) is 17.7. The fourth-order valence-electron chi connectivity index (χ4n) is 4.44. The van der Waals surface area contributed by atoms with Gasteiger partial charge in [-0.3, -0.25) is 0 Å². The standard InChI is InChI=1S/C28H19F3NO3PS/c1-37(33,21-14-12-20(13-15-21)28(29,30)31)32-36-34-24-16-10-18-6-2-4-8-22(18)26(24)27-23-9-5-3-7-19(23)11-17-25(27)35-36/h2-17H,1H2,(H,32,33). The van der Waals surface area contributed by atoms with Crippen LogP contribution in [0.15, 0.2) is 110 Å². The predicted molar refractivity (Wildman–Crippen MR) is 146 cm³/mol.